The van der Waals surface area contributed by atoms with Gasteiger partial charge in [-0.3, -0.25) is 4.90 Å². The molecule has 1 fully saturated rings. The summed E-state index contributed by atoms with van der Waals surface area (Å²) in [6, 6.07) is 4.64. The van der Waals surface area contributed by atoms with Crippen molar-refractivity contribution in [2.75, 3.05) is 39.8 Å². The lowest BCUT2D eigenvalue weighted by Crippen LogP contribution is -2.38. The van der Waals surface area contributed by atoms with Crippen LogP contribution in [0.2, 0.25) is 0 Å². The number of halogens is 2. The summed E-state index contributed by atoms with van der Waals surface area (Å²) in [7, 11) is 2.01. The minimum atomic E-state index is -0.276. The largest absolute Gasteiger partial charge is 0.492 e. The molecule has 0 unspecified atom stereocenters. The second-order valence-electron chi connectivity index (χ2n) is 5.30. The maximum absolute atomic E-state index is 13.2. The van der Waals surface area contributed by atoms with Gasteiger partial charge in [0.25, 0.3) is 0 Å². The van der Waals surface area contributed by atoms with E-state index < -0.39 is 0 Å². The summed E-state index contributed by atoms with van der Waals surface area (Å²) in [5.41, 5.74) is 0. The lowest BCUT2D eigenvalue weighted by molar-refractivity contribution is 0.154. The third kappa shape index (κ3) is 5.04. The molecule has 1 aromatic carbocycles. The zero-order valence-corrected chi connectivity index (χ0v) is 13.5. The van der Waals surface area contributed by atoms with Crippen molar-refractivity contribution in [1.82, 2.24) is 10.2 Å². The quantitative estimate of drug-likeness (QED) is 0.858. The molecule has 1 aliphatic rings. The van der Waals surface area contributed by atoms with Gasteiger partial charge in [0.05, 0.1) is 0 Å². The van der Waals surface area contributed by atoms with E-state index in [9.17, 15) is 4.39 Å². The zero-order chi connectivity index (χ0) is 14.4. The van der Waals surface area contributed by atoms with E-state index >= 15 is 0 Å². The molecule has 1 aliphatic heterocycles. The highest BCUT2D eigenvalue weighted by atomic mass is 79.9. The minimum absolute atomic E-state index is 0.276. The highest BCUT2D eigenvalue weighted by molar-refractivity contribution is 9.10. The lowest BCUT2D eigenvalue weighted by Gasteiger charge is -2.31. The fraction of sp³-hybridized carbons (Fsp3) is 0.600. The van der Waals surface area contributed by atoms with E-state index in [-0.39, 0.29) is 5.82 Å². The normalized spacial score (nSPS) is 17.4. The van der Waals surface area contributed by atoms with Crippen molar-refractivity contribution in [3.05, 3.63) is 28.5 Å². The smallest absolute Gasteiger partial charge is 0.128 e. The maximum Gasteiger partial charge on any atom is 0.128 e. The summed E-state index contributed by atoms with van der Waals surface area (Å²) in [5.74, 6) is 1.11. The van der Waals surface area contributed by atoms with Crippen LogP contribution in [0, 0.1) is 11.7 Å². The monoisotopic (exact) mass is 344 g/mol. The Bertz CT molecular complexity index is 402. The van der Waals surface area contributed by atoms with Gasteiger partial charge in [-0.15, -0.1) is 0 Å². The van der Waals surface area contributed by atoms with Crippen molar-refractivity contribution >= 4 is 15.9 Å². The third-order valence-electron chi connectivity index (χ3n) is 3.71. The number of likely N-dealkylation sites (tertiary alicyclic amines) is 1. The zero-order valence-electron chi connectivity index (χ0n) is 11.9. The van der Waals surface area contributed by atoms with Gasteiger partial charge in [-0.05, 0) is 57.6 Å². The maximum atomic E-state index is 13.2. The van der Waals surface area contributed by atoms with Gasteiger partial charge in [0.15, 0.2) is 0 Å². The summed E-state index contributed by atoms with van der Waals surface area (Å²) in [4.78, 5) is 2.42. The number of ether oxygens (including phenoxy) is 1. The van der Waals surface area contributed by atoms with Crippen molar-refractivity contribution < 1.29 is 9.13 Å². The summed E-state index contributed by atoms with van der Waals surface area (Å²) in [6.45, 7) is 4.87. The average molecular weight is 345 g/mol. The standard InChI is InChI=1S/C15H22BrFN2O/c1-18-11-12-2-4-19(5-3-12)6-7-20-15-9-13(16)8-14(17)10-15/h8-10,12,18H,2-7,11H2,1H3. The van der Waals surface area contributed by atoms with E-state index in [1.54, 1.807) is 6.07 Å². The summed E-state index contributed by atoms with van der Waals surface area (Å²) < 4.78 is 19.5. The van der Waals surface area contributed by atoms with E-state index in [4.69, 9.17) is 4.74 Å². The molecule has 1 heterocycles. The summed E-state index contributed by atoms with van der Waals surface area (Å²) in [5, 5.41) is 3.24. The van der Waals surface area contributed by atoms with Crippen LogP contribution in [-0.4, -0.2) is 44.7 Å². The highest BCUT2D eigenvalue weighted by Crippen LogP contribution is 2.21. The van der Waals surface area contributed by atoms with Crippen molar-refractivity contribution in [2.45, 2.75) is 12.8 Å². The van der Waals surface area contributed by atoms with Crippen LogP contribution in [0.3, 0.4) is 0 Å². The molecule has 0 atom stereocenters. The van der Waals surface area contributed by atoms with Crippen LogP contribution >= 0.6 is 15.9 Å². The highest BCUT2D eigenvalue weighted by Gasteiger charge is 2.18. The molecule has 0 saturated carbocycles. The second kappa shape index (κ2) is 7.96. The first-order valence-corrected chi connectivity index (χ1v) is 7.92. The Balaban J connectivity index is 1.69. The molecule has 1 aromatic rings. The van der Waals surface area contributed by atoms with Crippen LogP contribution in [-0.2, 0) is 0 Å². The number of benzene rings is 1. The van der Waals surface area contributed by atoms with Crippen LogP contribution in [0.15, 0.2) is 22.7 Å². The predicted octanol–water partition coefficient (Wildman–Crippen LogP) is 2.90. The van der Waals surface area contributed by atoms with Gasteiger partial charge in [-0.1, -0.05) is 15.9 Å². The minimum Gasteiger partial charge on any atom is -0.492 e. The van der Waals surface area contributed by atoms with Gasteiger partial charge in [-0.2, -0.15) is 0 Å². The van der Waals surface area contributed by atoms with Gasteiger partial charge in [0, 0.05) is 17.1 Å². The Hall–Kier alpha value is -0.650. The van der Waals surface area contributed by atoms with Gasteiger partial charge < -0.3 is 10.1 Å². The number of rotatable bonds is 6. The molecule has 3 nitrogen and oxygen atoms in total. The van der Waals surface area contributed by atoms with Gasteiger partial charge >= 0.3 is 0 Å². The first-order chi connectivity index (χ1) is 9.67. The molecule has 0 spiro atoms. The van der Waals surface area contributed by atoms with E-state index in [1.165, 1.54) is 25.0 Å². The molecule has 1 N–H and O–H groups in total. The van der Waals surface area contributed by atoms with E-state index in [0.717, 1.165) is 32.1 Å². The molecule has 1 saturated heterocycles. The average Bonchev–Trinajstić information content (AvgIpc) is 2.40. The Morgan fingerprint density at radius 3 is 2.75 bits per heavy atom. The fourth-order valence-electron chi connectivity index (χ4n) is 2.61. The van der Waals surface area contributed by atoms with Gasteiger partial charge in [0.2, 0.25) is 0 Å². The molecular weight excluding hydrogens is 323 g/mol. The van der Waals surface area contributed by atoms with Gasteiger partial charge in [-0.25, -0.2) is 4.39 Å². The summed E-state index contributed by atoms with van der Waals surface area (Å²) >= 11 is 3.27. The molecule has 0 radical (unpaired) electrons. The molecule has 20 heavy (non-hydrogen) atoms. The van der Waals surface area contributed by atoms with Crippen LogP contribution in [0.1, 0.15) is 12.8 Å². The van der Waals surface area contributed by atoms with Crippen LogP contribution in [0.25, 0.3) is 0 Å². The van der Waals surface area contributed by atoms with Crippen LogP contribution in [0.4, 0.5) is 4.39 Å². The SMILES string of the molecule is CNCC1CCN(CCOc2cc(F)cc(Br)c2)CC1. The molecule has 0 aromatic heterocycles. The van der Waals surface area contributed by atoms with Crippen molar-refractivity contribution in [1.29, 1.82) is 0 Å². The molecule has 0 aliphatic carbocycles. The number of hydrogen-bond donors (Lipinski definition) is 1. The number of nitrogens with zero attached hydrogens (tertiary/aromatic N) is 1. The Labute approximate surface area is 128 Å². The van der Waals surface area contributed by atoms with E-state index in [0.29, 0.717) is 16.8 Å². The molecule has 5 heteroatoms. The molecule has 112 valence electrons. The molecule has 0 bridgehead atoms. The lowest BCUT2D eigenvalue weighted by atomic mass is 9.97. The van der Waals surface area contributed by atoms with E-state index in [2.05, 4.69) is 26.1 Å². The summed E-state index contributed by atoms with van der Waals surface area (Å²) in [6.07, 6.45) is 2.48. The van der Waals surface area contributed by atoms with Crippen LogP contribution < -0.4 is 10.1 Å². The predicted molar refractivity (Wildman–Crippen MR) is 82.7 cm³/mol. The Morgan fingerprint density at radius 1 is 1.35 bits per heavy atom. The molecular formula is C15H22BrFN2O. The first kappa shape index (κ1) is 15.7. The van der Waals surface area contributed by atoms with E-state index in [1.807, 2.05) is 7.05 Å². The van der Waals surface area contributed by atoms with Gasteiger partial charge in [0.1, 0.15) is 18.2 Å². The number of hydrogen-bond acceptors (Lipinski definition) is 3. The fourth-order valence-corrected chi connectivity index (χ4v) is 3.05. The number of piperidine rings is 1. The molecule has 2 rings (SSSR count). The number of nitrogens with one attached hydrogen (secondary N) is 1. The van der Waals surface area contributed by atoms with Crippen molar-refractivity contribution in [2.24, 2.45) is 5.92 Å². The Kier molecular flexibility index (Phi) is 6.26. The van der Waals surface area contributed by atoms with Crippen molar-refractivity contribution in [3.63, 3.8) is 0 Å². The van der Waals surface area contributed by atoms with Crippen LogP contribution in [0.5, 0.6) is 5.75 Å². The second-order valence-corrected chi connectivity index (χ2v) is 6.21. The van der Waals surface area contributed by atoms with Crippen molar-refractivity contribution in [3.8, 4) is 5.75 Å². The first-order valence-electron chi connectivity index (χ1n) is 7.13. The topological polar surface area (TPSA) is 24.5 Å². The third-order valence-corrected chi connectivity index (χ3v) is 4.17. The molecule has 0 amide bonds. The Morgan fingerprint density at radius 2 is 2.10 bits per heavy atom.